The van der Waals surface area contributed by atoms with E-state index in [1.54, 1.807) is 49.4 Å². The molecule has 2 N–H and O–H groups in total. The number of ether oxygens (including phenoxy) is 1. The number of aromatic nitrogens is 3. The Labute approximate surface area is 159 Å². The van der Waals surface area contributed by atoms with Crippen molar-refractivity contribution in [2.24, 2.45) is 0 Å². The lowest BCUT2D eigenvalue weighted by Gasteiger charge is -2.07. The molecule has 0 spiro atoms. The average molecular weight is 385 g/mol. The van der Waals surface area contributed by atoms with Gasteiger partial charge in [0, 0.05) is 0 Å². The summed E-state index contributed by atoms with van der Waals surface area (Å²) in [4.78, 5) is 15.7. The van der Waals surface area contributed by atoms with E-state index < -0.39 is 5.97 Å². The van der Waals surface area contributed by atoms with E-state index in [4.69, 9.17) is 4.74 Å². The third-order valence-electron chi connectivity index (χ3n) is 3.49. The van der Waals surface area contributed by atoms with Gasteiger partial charge in [0.1, 0.15) is 28.9 Å². The van der Waals surface area contributed by atoms with Crippen LogP contribution < -0.4 is 4.74 Å². The van der Waals surface area contributed by atoms with Gasteiger partial charge in [-0.3, -0.25) is 5.10 Å². The fraction of sp³-hybridized carbons (Fsp3) is 0.105. The van der Waals surface area contributed by atoms with E-state index in [-0.39, 0.29) is 10.7 Å². The minimum Gasteiger partial charge on any atom is -0.489 e. The summed E-state index contributed by atoms with van der Waals surface area (Å²) >= 11 is 0.972. The number of H-pyrrole nitrogens is 1. The Morgan fingerprint density at radius 1 is 1.22 bits per heavy atom. The number of benzene rings is 2. The number of hydrogen-bond acceptors (Lipinski definition) is 5. The fourth-order valence-corrected chi connectivity index (χ4v) is 2.91. The van der Waals surface area contributed by atoms with E-state index in [1.165, 1.54) is 12.1 Å². The number of carboxylic acids is 1. The van der Waals surface area contributed by atoms with Gasteiger partial charge in [0.2, 0.25) is 5.16 Å². The molecule has 1 heterocycles. The molecule has 0 radical (unpaired) electrons. The van der Waals surface area contributed by atoms with Crippen LogP contribution >= 0.6 is 11.8 Å². The molecule has 1 aromatic heterocycles. The lowest BCUT2D eigenvalue weighted by Crippen LogP contribution is -1.97. The van der Waals surface area contributed by atoms with Crippen molar-refractivity contribution in [3.8, 4) is 5.75 Å². The molecule has 0 bridgehead atoms. The maximum atomic E-state index is 12.9. The minimum atomic E-state index is -1.06. The van der Waals surface area contributed by atoms with Crippen LogP contribution in [-0.2, 0) is 11.4 Å². The van der Waals surface area contributed by atoms with Gasteiger partial charge in [-0.25, -0.2) is 14.2 Å². The van der Waals surface area contributed by atoms with Crippen LogP contribution in [0.1, 0.15) is 17.0 Å². The predicted octanol–water partition coefficient (Wildman–Crippen LogP) is 4.05. The van der Waals surface area contributed by atoms with Crippen LogP contribution in [-0.4, -0.2) is 26.3 Å². The van der Waals surface area contributed by atoms with Crippen LogP contribution in [0.5, 0.6) is 5.75 Å². The number of carboxylic acid groups (broad SMARTS) is 1. The first-order valence-electron chi connectivity index (χ1n) is 7.99. The van der Waals surface area contributed by atoms with Gasteiger partial charge in [-0.1, -0.05) is 24.3 Å². The summed E-state index contributed by atoms with van der Waals surface area (Å²) in [6, 6.07) is 13.1. The molecule has 0 saturated heterocycles. The largest absolute Gasteiger partial charge is 0.489 e. The first-order valence-corrected chi connectivity index (χ1v) is 8.80. The Kier molecular flexibility index (Phi) is 5.87. The van der Waals surface area contributed by atoms with Crippen molar-refractivity contribution in [3.63, 3.8) is 0 Å². The Morgan fingerprint density at radius 2 is 1.93 bits per heavy atom. The second-order valence-electron chi connectivity index (χ2n) is 5.60. The van der Waals surface area contributed by atoms with Crippen LogP contribution in [0.3, 0.4) is 0 Å². The molecular weight excluding hydrogens is 369 g/mol. The highest BCUT2D eigenvalue weighted by atomic mass is 32.2. The zero-order valence-electron chi connectivity index (χ0n) is 14.3. The predicted molar refractivity (Wildman–Crippen MR) is 99.8 cm³/mol. The molecule has 0 saturated carbocycles. The summed E-state index contributed by atoms with van der Waals surface area (Å²) in [5.74, 6) is -0.100. The molecule has 2 aromatic carbocycles. The van der Waals surface area contributed by atoms with E-state index in [0.717, 1.165) is 17.3 Å². The highest BCUT2D eigenvalue weighted by molar-refractivity contribution is 8.04. The number of aliphatic carboxylic acids is 1. The lowest BCUT2D eigenvalue weighted by molar-refractivity contribution is -0.131. The van der Waals surface area contributed by atoms with Crippen LogP contribution in [0.25, 0.3) is 6.08 Å². The quantitative estimate of drug-likeness (QED) is 0.471. The number of carbonyl (C=O) groups is 1. The third kappa shape index (κ3) is 5.42. The summed E-state index contributed by atoms with van der Waals surface area (Å²) in [5.41, 5.74) is 1.56. The first-order chi connectivity index (χ1) is 13.0. The molecule has 0 amide bonds. The molecular formula is C19H16FN3O3S. The molecule has 0 fully saturated rings. The number of halogens is 1. The second kappa shape index (κ2) is 8.50. The van der Waals surface area contributed by atoms with Gasteiger partial charge in [-0.2, -0.15) is 0 Å². The van der Waals surface area contributed by atoms with Crippen molar-refractivity contribution in [2.45, 2.75) is 18.7 Å². The van der Waals surface area contributed by atoms with E-state index >= 15 is 0 Å². The Morgan fingerprint density at radius 3 is 2.52 bits per heavy atom. The Bertz CT molecular complexity index is 953. The van der Waals surface area contributed by atoms with Crippen molar-refractivity contribution < 1.29 is 19.0 Å². The Hall–Kier alpha value is -3.13. The number of aromatic amines is 1. The molecule has 0 aliphatic carbocycles. The number of nitrogens with one attached hydrogen (secondary N) is 1. The van der Waals surface area contributed by atoms with Crippen LogP contribution in [0.4, 0.5) is 4.39 Å². The maximum Gasteiger partial charge on any atom is 0.342 e. The van der Waals surface area contributed by atoms with Crippen molar-refractivity contribution in [3.05, 3.63) is 76.2 Å². The van der Waals surface area contributed by atoms with E-state index in [1.807, 2.05) is 0 Å². The maximum absolute atomic E-state index is 12.9. The van der Waals surface area contributed by atoms with Gasteiger partial charge in [0.25, 0.3) is 0 Å². The highest BCUT2D eigenvalue weighted by Gasteiger charge is 2.13. The lowest BCUT2D eigenvalue weighted by atomic mass is 10.2. The average Bonchev–Trinajstić information content (AvgIpc) is 3.06. The van der Waals surface area contributed by atoms with Gasteiger partial charge >= 0.3 is 5.97 Å². The molecule has 0 aliphatic heterocycles. The summed E-state index contributed by atoms with van der Waals surface area (Å²) in [7, 11) is 0. The summed E-state index contributed by atoms with van der Waals surface area (Å²) < 4.78 is 18.5. The van der Waals surface area contributed by atoms with Gasteiger partial charge in [-0.15, -0.1) is 5.10 Å². The Balaban J connectivity index is 1.66. The molecule has 6 nitrogen and oxygen atoms in total. The van der Waals surface area contributed by atoms with Crippen LogP contribution in [0.2, 0.25) is 0 Å². The van der Waals surface area contributed by atoms with E-state index in [0.29, 0.717) is 28.9 Å². The van der Waals surface area contributed by atoms with Gasteiger partial charge in [0.15, 0.2) is 0 Å². The smallest absolute Gasteiger partial charge is 0.342 e. The first kappa shape index (κ1) is 18.7. The zero-order valence-corrected chi connectivity index (χ0v) is 15.2. The topological polar surface area (TPSA) is 88.1 Å². The molecule has 0 aliphatic rings. The molecule has 0 atom stereocenters. The molecule has 0 unspecified atom stereocenters. The summed E-state index contributed by atoms with van der Waals surface area (Å²) in [6.45, 7) is 2.06. The zero-order chi connectivity index (χ0) is 19.2. The van der Waals surface area contributed by atoms with Gasteiger partial charge in [0.05, 0.1) is 0 Å². The van der Waals surface area contributed by atoms with Crippen molar-refractivity contribution in [2.75, 3.05) is 0 Å². The molecule has 138 valence electrons. The van der Waals surface area contributed by atoms with Gasteiger partial charge < -0.3 is 9.84 Å². The van der Waals surface area contributed by atoms with Crippen molar-refractivity contribution in [1.29, 1.82) is 0 Å². The third-order valence-corrected chi connectivity index (χ3v) is 4.36. The monoisotopic (exact) mass is 385 g/mol. The number of hydrogen-bond donors (Lipinski definition) is 2. The standard InChI is InChI=1S/C19H16FN3O3S/c1-12-21-19(23-22-12)27-17(18(24)25)10-13-4-8-16(9-5-13)26-11-14-2-6-15(20)7-3-14/h2-10H,11H2,1H3,(H,24,25)(H,21,22,23)/b17-10-. The number of aryl methyl sites for hydroxylation is 1. The van der Waals surface area contributed by atoms with E-state index in [9.17, 15) is 14.3 Å². The number of thioether (sulfide) groups is 1. The molecule has 3 aromatic rings. The molecule has 27 heavy (non-hydrogen) atoms. The van der Waals surface area contributed by atoms with Crippen molar-refractivity contribution in [1.82, 2.24) is 15.2 Å². The fourth-order valence-electron chi connectivity index (χ4n) is 2.16. The number of rotatable bonds is 7. The SMILES string of the molecule is Cc1nc(S/C(=C\c2ccc(OCc3ccc(F)cc3)cc2)C(=O)O)n[nH]1. The van der Waals surface area contributed by atoms with Crippen LogP contribution in [0, 0.1) is 12.7 Å². The minimum absolute atomic E-state index is 0.106. The molecule has 3 rings (SSSR count). The van der Waals surface area contributed by atoms with Crippen molar-refractivity contribution >= 4 is 23.8 Å². The van der Waals surface area contributed by atoms with Gasteiger partial charge in [-0.05, 0) is 60.2 Å². The summed E-state index contributed by atoms with van der Waals surface area (Å²) in [6.07, 6.45) is 1.54. The van der Waals surface area contributed by atoms with E-state index in [2.05, 4.69) is 15.2 Å². The normalized spacial score (nSPS) is 11.4. The highest BCUT2D eigenvalue weighted by Crippen LogP contribution is 2.26. The number of nitrogens with zero attached hydrogens (tertiary/aromatic N) is 2. The summed E-state index contributed by atoms with van der Waals surface area (Å²) in [5, 5.41) is 16.3. The molecule has 8 heteroatoms. The van der Waals surface area contributed by atoms with Crippen LogP contribution in [0.15, 0.2) is 58.6 Å². The second-order valence-corrected chi connectivity index (χ2v) is 6.61.